The Morgan fingerprint density at radius 2 is 0.613 bits per heavy atom. The van der Waals surface area contributed by atoms with Gasteiger partial charge in [0.2, 0.25) is 0 Å². The predicted octanol–water partition coefficient (Wildman–Crippen LogP) is 10.2. The molecule has 1 aliphatic heterocycles. The highest BCUT2D eigenvalue weighted by Crippen LogP contribution is 2.23. The van der Waals surface area contributed by atoms with Crippen LogP contribution in [0.5, 0.6) is 0 Å². The summed E-state index contributed by atoms with van der Waals surface area (Å²) in [6, 6.07) is 0. The van der Waals surface area contributed by atoms with E-state index in [9.17, 15) is 0 Å². The van der Waals surface area contributed by atoms with Crippen molar-refractivity contribution < 1.29 is 4.48 Å². The lowest BCUT2D eigenvalue weighted by molar-refractivity contribution is -0.917. The summed E-state index contributed by atoms with van der Waals surface area (Å²) in [6.07, 6.45) is 35.4. The zero-order valence-corrected chi connectivity index (χ0v) is 22.2. The van der Waals surface area contributed by atoms with Gasteiger partial charge in [0, 0.05) is 12.8 Å². The largest absolute Gasteiger partial charge is 0.324 e. The highest BCUT2D eigenvalue weighted by Gasteiger charge is 2.30. The number of unbranched alkanes of at least 4 members (excludes halogenated alkanes) is 20. The first kappa shape index (κ1) is 29.0. The maximum atomic E-state index is 2.32. The molecule has 186 valence electrons. The molecule has 0 amide bonds. The molecule has 0 aromatic rings. The van der Waals surface area contributed by atoms with Crippen LogP contribution in [0.2, 0.25) is 0 Å². The molecule has 1 saturated heterocycles. The van der Waals surface area contributed by atoms with Crippen molar-refractivity contribution in [1.82, 2.24) is 0 Å². The third-order valence-corrected chi connectivity index (χ3v) is 7.99. The van der Waals surface area contributed by atoms with Crippen LogP contribution in [0.4, 0.5) is 0 Å². The van der Waals surface area contributed by atoms with Gasteiger partial charge in [-0.15, -0.1) is 0 Å². The normalized spacial score (nSPS) is 15.7. The standard InChI is InChI=1S/C30H62N/c1-3-5-7-9-11-13-14-15-16-17-18-20-22-24-28-31(29-25-26-30-31)27-23-21-19-12-10-8-6-4-2/h3-30H2,1-2H3/q+1. The molecular weight excluding hydrogens is 374 g/mol. The molecule has 0 spiro atoms. The van der Waals surface area contributed by atoms with Crippen LogP contribution >= 0.6 is 0 Å². The van der Waals surface area contributed by atoms with Gasteiger partial charge in [-0.25, -0.2) is 0 Å². The Morgan fingerprint density at radius 1 is 0.355 bits per heavy atom. The third kappa shape index (κ3) is 17.1. The van der Waals surface area contributed by atoms with Crippen molar-refractivity contribution >= 4 is 0 Å². The van der Waals surface area contributed by atoms with Crippen LogP contribution in [0.25, 0.3) is 0 Å². The van der Waals surface area contributed by atoms with E-state index < -0.39 is 0 Å². The van der Waals surface area contributed by atoms with Crippen LogP contribution in [0.3, 0.4) is 0 Å². The Morgan fingerprint density at radius 3 is 0.903 bits per heavy atom. The molecule has 0 bridgehead atoms. The number of hydrogen-bond donors (Lipinski definition) is 0. The summed E-state index contributed by atoms with van der Waals surface area (Å²) in [5.74, 6) is 0. The maximum Gasteiger partial charge on any atom is 0.0788 e. The Hall–Kier alpha value is -0.0400. The van der Waals surface area contributed by atoms with Gasteiger partial charge >= 0.3 is 0 Å². The van der Waals surface area contributed by atoms with Gasteiger partial charge in [0.25, 0.3) is 0 Å². The van der Waals surface area contributed by atoms with Crippen molar-refractivity contribution in [3.63, 3.8) is 0 Å². The first-order chi connectivity index (χ1) is 15.3. The molecular formula is C30H62N+. The molecule has 0 aliphatic carbocycles. The fraction of sp³-hybridized carbons (Fsp3) is 1.00. The van der Waals surface area contributed by atoms with Crippen molar-refractivity contribution in [3.05, 3.63) is 0 Å². The Bertz CT molecular complexity index is 344. The van der Waals surface area contributed by atoms with Crippen LogP contribution < -0.4 is 0 Å². The van der Waals surface area contributed by atoms with Gasteiger partial charge in [0.05, 0.1) is 26.2 Å². The van der Waals surface area contributed by atoms with E-state index in [1.54, 1.807) is 0 Å². The molecule has 1 fully saturated rings. The summed E-state index contributed by atoms with van der Waals surface area (Å²) in [7, 11) is 0. The molecule has 0 saturated carbocycles. The van der Waals surface area contributed by atoms with E-state index in [0.717, 1.165) is 0 Å². The van der Waals surface area contributed by atoms with E-state index >= 15 is 0 Å². The van der Waals surface area contributed by atoms with Gasteiger partial charge in [-0.1, -0.05) is 129 Å². The summed E-state index contributed by atoms with van der Waals surface area (Å²) < 4.78 is 1.49. The predicted molar refractivity (Wildman–Crippen MR) is 142 cm³/mol. The van der Waals surface area contributed by atoms with Gasteiger partial charge in [-0.3, -0.25) is 0 Å². The average Bonchev–Trinajstić information content (AvgIpc) is 3.25. The fourth-order valence-corrected chi connectivity index (χ4v) is 5.79. The quantitative estimate of drug-likeness (QED) is 0.104. The van der Waals surface area contributed by atoms with Crippen molar-refractivity contribution in [3.8, 4) is 0 Å². The van der Waals surface area contributed by atoms with E-state index in [2.05, 4.69) is 13.8 Å². The molecule has 1 heterocycles. The first-order valence-electron chi connectivity index (χ1n) is 15.2. The minimum absolute atomic E-state index is 1.37. The molecule has 1 heteroatoms. The van der Waals surface area contributed by atoms with Crippen molar-refractivity contribution in [2.24, 2.45) is 0 Å². The van der Waals surface area contributed by atoms with Gasteiger partial charge in [0.1, 0.15) is 0 Å². The van der Waals surface area contributed by atoms with E-state index in [1.807, 2.05) is 0 Å². The van der Waals surface area contributed by atoms with Crippen molar-refractivity contribution in [1.29, 1.82) is 0 Å². The Kier molecular flexibility index (Phi) is 20.4. The van der Waals surface area contributed by atoms with Crippen LogP contribution in [0, 0.1) is 0 Å². The summed E-state index contributed by atoms with van der Waals surface area (Å²) in [4.78, 5) is 0. The zero-order chi connectivity index (χ0) is 22.3. The molecule has 0 unspecified atom stereocenters. The lowest BCUT2D eigenvalue weighted by Gasteiger charge is -2.34. The van der Waals surface area contributed by atoms with Gasteiger partial charge < -0.3 is 4.48 Å². The van der Waals surface area contributed by atoms with Crippen LogP contribution in [0.15, 0.2) is 0 Å². The summed E-state index contributed by atoms with van der Waals surface area (Å²) in [5, 5.41) is 0. The number of hydrogen-bond acceptors (Lipinski definition) is 0. The lowest BCUT2D eigenvalue weighted by Crippen LogP contribution is -2.46. The minimum atomic E-state index is 1.37. The fourth-order valence-electron chi connectivity index (χ4n) is 5.79. The summed E-state index contributed by atoms with van der Waals surface area (Å²) in [5.41, 5.74) is 0. The van der Waals surface area contributed by atoms with Crippen LogP contribution in [0.1, 0.15) is 168 Å². The molecule has 0 aromatic heterocycles. The van der Waals surface area contributed by atoms with E-state index in [1.165, 1.54) is 185 Å². The monoisotopic (exact) mass is 436 g/mol. The Labute approximate surface area is 198 Å². The van der Waals surface area contributed by atoms with Gasteiger partial charge in [0.15, 0.2) is 0 Å². The Balaban J connectivity index is 1.90. The third-order valence-electron chi connectivity index (χ3n) is 7.99. The van der Waals surface area contributed by atoms with Crippen molar-refractivity contribution in [2.75, 3.05) is 26.2 Å². The SMILES string of the molecule is CCCCCCCCCCCCCCCC[N+]1(CCCCCCCCCC)CCCC1. The molecule has 0 atom stereocenters. The smallest absolute Gasteiger partial charge is 0.0788 e. The second kappa shape index (κ2) is 21.8. The maximum absolute atomic E-state index is 2.32. The van der Waals surface area contributed by atoms with Crippen LogP contribution in [-0.4, -0.2) is 30.7 Å². The highest BCUT2D eigenvalue weighted by atomic mass is 15.4. The number of nitrogens with zero attached hydrogens (tertiary/aromatic N) is 1. The van der Waals surface area contributed by atoms with Crippen molar-refractivity contribution in [2.45, 2.75) is 168 Å². The second-order valence-electron chi connectivity index (χ2n) is 11.0. The first-order valence-corrected chi connectivity index (χ1v) is 15.2. The molecule has 0 radical (unpaired) electrons. The minimum Gasteiger partial charge on any atom is -0.324 e. The topological polar surface area (TPSA) is 0 Å². The van der Waals surface area contributed by atoms with Gasteiger partial charge in [-0.05, 0) is 25.7 Å². The average molecular weight is 437 g/mol. The van der Waals surface area contributed by atoms with E-state index in [0.29, 0.717) is 0 Å². The lowest BCUT2D eigenvalue weighted by atomic mass is 10.0. The molecule has 31 heavy (non-hydrogen) atoms. The van der Waals surface area contributed by atoms with E-state index in [-0.39, 0.29) is 0 Å². The van der Waals surface area contributed by atoms with E-state index in [4.69, 9.17) is 0 Å². The number of likely N-dealkylation sites (tertiary alicyclic amines) is 1. The number of quaternary nitrogens is 1. The highest BCUT2D eigenvalue weighted by molar-refractivity contribution is 4.57. The number of rotatable bonds is 24. The molecule has 1 aliphatic rings. The van der Waals surface area contributed by atoms with Gasteiger partial charge in [-0.2, -0.15) is 0 Å². The summed E-state index contributed by atoms with van der Waals surface area (Å²) in [6.45, 7) is 10.6. The summed E-state index contributed by atoms with van der Waals surface area (Å²) >= 11 is 0. The molecule has 0 N–H and O–H groups in total. The molecule has 1 rings (SSSR count). The zero-order valence-electron chi connectivity index (χ0n) is 22.2. The molecule has 0 aromatic carbocycles. The molecule has 1 nitrogen and oxygen atoms in total. The second-order valence-corrected chi connectivity index (χ2v) is 11.0. The van der Waals surface area contributed by atoms with Crippen LogP contribution in [-0.2, 0) is 0 Å².